The van der Waals surface area contributed by atoms with Crippen molar-refractivity contribution >= 4 is 29.0 Å². The van der Waals surface area contributed by atoms with Crippen molar-refractivity contribution in [3.8, 4) is 5.75 Å². The number of benzene rings is 1. The Hall–Kier alpha value is -2.62. The summed E-state index contributed by atoms with van der Waals surface area (Å²) in [5, 5.41) is 22.4. The summed E-state index contributed by atoms with van der Waals surface area (Å²) in [6, 6.07) is 4.08. The first-order valence-corrected chi connectivity index (χ1v) is 9.59. The summed E-state index contributed by atoms with van der Waals surface area (Å²) in [6.45, 7) is 2.62. The van der Waals surface area contributed by atoms with E-state index in [2.05, 4.69) is 20.1 Å². The molecule has 1 atom stereocenters. The van der Waals surface area contributed by atoms with E-state index in [0.29, 0.717) is 5.75 Å². The van der Waals surface area contributed by atoms with Gasteiger partial charge in [0.1, 0.15) is 11.6 Å². The van der Waals surface area contributed by atoms with E-state index in [4.69, 9.17) is 4.74 Å². The lowest BCUT2D eigenvalue weighted by molar-refractivity contribution is -0.384. The maximum absolute atomic E-state index is 12.6. The van der Waals surface area contributed by atoms with Crippen molar-refractivity contribution in [1.29, 1.82) is 0 Å². The molecule has 1 aliphatic rings. The minimum Gasteiger partial charge on any atom is -0.495 e. The van der Waals surface area contributed by atoms with Crippen LogP contribution in [0.25, 0.3) is 0 Å². The third-order valence-corrected chi connectivity index (χ3v) is 5.46. The number of nitrogens with zero attached hydrogens (tertiary/aromatic N) is 4. The third-order valence-electron chi connectivity index (χ3n) is 4.38. The van der Waals surface area contributed by atoms with Crippen LogP contribution in [0.4, 0.5) is 11.4 Å². The minimum atomic E-state index is -0.515. The lowest BCUT2D eigenvalue weighted by atomic mass is 10.2. The molecule has 0 unspecified atom stereocenters. The van der Waals surface area contributed by atoms with Gasteiger partial charge < -0.3 is 14.6 Å². The number of thioether (sulfide) groups is 1. The fraction of sp³-hybridized carbons (Fsp3) is 0.471. The van der Waals surface area contributed by atoms with Crippen LogP contribution in [-0.4, -0.2) is 38.0 Å². The van der Waals surface area contributed by atoms with Crippen molar-refractivity contribution in [3.05, 3.63) is 34.1 Å². The van der Waals surface area contributed by atoms with Crippen LogP contribution in [0.5, 0.6) is 5.75 Å². The number of amides is 1. The van der Waals surface area contributed by atoms with Crippen molar-refractivity contribution in [2.45, 2.75) is 49.6 Å². The molecule has 27 heavy (non-hydrogen) atoms. The molecule has 2 aromatic rings. The number of aryl methyl sites for hydroxylation is 1. The summed E-state index contributed by atoms with van der Waals surface area (Å²) in [4.78, 5) is 23.1. The van der Waals surface area contributed by atoms with Gasteiger partial charge in [0.05, 0.1) is 23.0 Å². The Morgan fingerprint density at radius 3 is 2.93 bits per heavy atom. The molecular weight excluding hydrogens is 370 g/mol. The summed E-state index contributed by atoms with van der Waals surface area (Å²) in [5.74, 6) is 1.04. The van der Waals surface area contributed by atoms with Gasteiger partial charge in [-0.05, 0) is 25.8 Å². The molecule has 0 saturated carbocycles. The first-order chi connectivity index (χ1) is 13.0. The molecule has 0 bridgehead atoms. The van der Waals surface area contributed by atoms with Gasteiger partial charge in [-0.25, -0.2) is 0 Å². The second kappa shape index (κ2) is 8.38. The number of ether oxygens (including phenoxy) is 1. The Balaban J connectivity index is 1.72. The zero-order valence-electron chi connectivity index (χ0n) is 15.2. The summed E-state index contributed by atoms with van der Waals surface area (Å²) >= 11 is 1.33. The number of rotatable bonds is 6. The smallest absolute Gasteiger partial charge is 0.271 e. The number of carbonyl (C=O) groups excluding carboxylic acids is 1. The predicted octanol–water partition coefficient (Wildman–Crippen LogP) is 3.04. The van der Waals surface area contributed by atoms with Crippen LogP contribution in [0.1, 0.15) is 32.0 Å². The highest BCUT2D eigenvalue weighted by atomic mass is 32.2. The molecule has 1 amide bonds. The molecular formula is C17H21N5O4S. The summed E-state index contributed by atoms with van der Waals surface area (Å²) in [7, 11) is 1.44. The van der Waals surface area contributed by atoms with Gasteiger partial charge in [-0.1, -0.05) is 18.2 Å². The van der Waals surface area contributed by atoms with Gasteiger partial charge in [0.25, 0.3) is 5.69 Å². The number of nitro groups is 1. The number of anilines is 1. The highest BCUT2D eigenvalue weighted by Crippen LogP contribution is 2.31. The lowest BCUT2D eigenvalue weighted by Gasteiger charge is -2.14. The number of methoxy groups -OCH3 is 1. The summed E-state index contributed by atoms with van der Waals surface area (Å²) < 4.78 is 7.26. The van der Waals surface area contributed by atoms with Crippen LogP contribution in [0, 0.1) is 10.1 Å². The molecule has 1 aliphatic heterocycles. The van der Waals surface area contributed by atoms with E-state index in [9.17, 15) is 14.9 Å². The topological polar surface area (TPSA) is 112 Å². The molecule has 9 nitrogen and oxygen atoms in total. The van der Waals surface area contributed by atoms with Crippen molar-refractivity contribution in [1.82, 2.24) is 14.8 Å². The van der Waals surface area contributed by atoms with E-state index in [1.807, 2.05) is 0 Å². The van der Waals surface area contributed by atoms with Gasteiger partial charge in [-0.2, -0.15) is 0 Å². The van der Waals surface area contributed by atoms with Gasteiger partial charge in [-0.15, -0.1) is 10.2 Å². The zero-order valence-corrected chi connectivity index (χ0v) is 16.0. The standard InChI is InChI=1S/C17H21N5O4S/c1-11(27-17-20-19-15-6-4-3-5-9-21(15)17)16(23)18-13-10-12(22(24)25)7-8-14(13)26-2/h7-8,10-11H,3-6,9H2,1-2H3,(H,18,23)/t11-/m0/s1. The van der Waals surface area contributed by atoms with Crippen LogP contribution < -0.4 is 10.1 Å². The average molecular weight is 391 g/mol. The lowest BCUT2D eigenvalue weighted by Crippen LogP contribution is -2.23. The molecule has 0 spiro atoms. The Bertz CT molecular complexity index is 854. The SMILES string of the molecule is COc1ccc([N+](=O)[O-])cc1NC(=O)[C@H](C)Sc1nnc2n1CCCCC2. The van der Waals surface area contributed by atoms with Gasteiger partial charge in [0.2, 0.25) is 5.91 Å². The van der Waals surface area contributed by atoms with Crippen LogP contribution >= 0.6 is 11.8 Å². The molecule has 0 radical (unpaired) electrons. The quantitative estimate of drug-likeness (QED) is 0.457. The van der Waals surface area contributed by atoms with Crippen LogP contribution in [0.15, 0.2) is 23.4 Å². The Morgan fingerprint density at radius 2 is 2.19 bits per heavy atom. The second-order valence-electron chi connectivity index (χ2n) is 6.25. The molecule has 10 heteroatoms. The number of nitro benzene ring substituents is 1. The predicted molar refractivity (Wildman–Crippen MR) is 101 cm³/mol. The van der Waals surface area contributed by atoms with E-state index < -0.39 is 10.2 Å². The van der Waals surface area contributed by atoms with Crippen molar-refractivity contribution in [3.63, 3.8) is 0 Å². The zero-order chi connectivity index (χ0) is 19.4. The van der Waals surface area contributed by atoms with Crippen LogP contribution in [0.3, 0.4) is 0 Å². The first-order valence-electron chi connectivity index (χ1n) is 8.71. The van der Waals surface area contributed by atoms with Gasteiger partial charge in [0, 0.05) is 25.1 Å². The monoisotopic (exact) mass is 391 g/mol. The normalized spacial score (nSPS) is 14.7. The largest absolute Gasteiger partial charge is 0.495 e. The highest BCUT2D eigenvalue weighted by Gasteiger charge is 2.22. The Labute approximate surface area is 160 Å². The average Bonchev–Trinajstić information content (AvgIpc) is 2.88. The molecule has 3 rings (SSSR count). The maximum Gasteiger partial charge on any atom is 0.271 e. The van der Waals surface area contributed by atoms with Crippen molar-refractivity contribution < 1.29 is 14.5 Å². The molecule has 2 heterocycles. The van der Waals surface area contributed by atoms with E-state index in [1.165, 1.54) is 37.1 Å². The van der Waals surface area contributed by atoms with Crippen LogP contribution in [-0.2, 0) is 17.8 Å². The number of carbonyl (C=O) groups is 1. The molecule has 0 fully saturated rings. The van der Waals surface area contributed by atoms with Gasteiger partial charge in [0.15, 0.2) is 5.16 Å². The van der Waals surface area contributed by atoms with Gasteiger partial charge >= 0.3 is 0 Å². The summed E-state index contributed by atoms with van der Waals surface area (Å²) in [5.41, 5.74) is 0.151. The Kier molecular flexibility index (Phi) is 5.94. The molecule has 0 aliphatic carbocycles. The third kappa shape index (κ3) is 4.38. The number of non-ortho nitro benzene ring substituents is 1. The Morgan fingerprint density at radius 1 is 1.37 bits per heavy atom. The van der Waals surface area contributed by atoms with Crippen molar-refractivity contribution in [2.24, 2.45) is 0 Å². The maximum atomic E-state index is 12.6. The summed E-state index contributed by atoms with van der Waals surface area (Å²) in [6.07, 6.45) is 4.24. The first kappa shape index (κ1) is 19.2. The number of hydrogen-bond acceptors (Lipinski definition) is 7. The molecule has 0 saturated heterocycles. The van der Waals surface area contributed by atoms with E-state index in [1.54, 1.807) is 6.92 Å². The van der Waals surface area contributed by atoms with Crippen LogP contribution in [0.2, 0.25) is 0 Å². The fourth-order valence-electron chi connectivity index (χ4n) is 2.90. The van der Waals surface area contributed by atoms with E-state index in [0.717, 1.165) is 43.2 Å². The molecule has 1 aromatic carbocycles. The second-order valence-corrected chi connectivity index (χ2v) is 7.56. The molecule has 1 aromatic heterocycles. The van der Waals surface area contributed by atoms with Gasteiger partial charge in [-0.3, -0.25) is 14.9 Å². The minimum absolute atomic E-state index is 0.116. The molecule has 1 N–H and O–H groups in total. The number of nitrogens with one attached hydrogen (secondary N) is 1. The van der Waals surface area contributed by atoms with Crippen molar-refractivity contribution in [2.75, 3.05) is 12.4 Å². The fourth-order valence-corrected chi connectivity index (χ4v) is 3.79. The number of aromatic nitrogens is 3. The highest BCUT2D eigenvalue weighted by molar-refractivity contribution is 8.00. The number of fused-ring (bicyclic) bond motifs is 1. The number of hydrogen-bond donors (Lipinski definition) is 1. The van der Waals surface area contributed by atoms with E-state index in [-0.39, 0.29) is 17.3 Å². The van der Waals surface area contributed by atoms with E-state index >= 15 is 0 Å². The molecule has 144 valence electrons.